The van der Waals surface area contributed by atoms with Gasteiger partial charge < -0.3 is 4.74 Å². The van der Waals surface area contributed by atoms with Crippen LogP contribution in [0.1, 0.15) is 38.8 Å². The van der Waals surface area contributed by atoms with Crippen molar-refractivity contribution in [2.45, 2.75) is 27.7 Å². The summed E-state index contributed by atoms with van der Waals surface area (Å²) >= 11 is 0. The van der Waals surface area contributed by atoms with E-state index in [1.54, 1.807) is 24.3 Å². The van der Waals surface area contributed by atoms with E-state index in [1.807, 2.05) is 64.1 Å². The second-order valence-electron chi connectivity index (χ2n) is 4.16. The predicted molar refractivity (Wildman–Crippen MR) is 93.5 cm³/mol. The monoisotopic (exact) mass is 310 g/mol. The number of cyclic esters (lactones) is 2. The first-order valence-corrected chi connectivity index (χ1v) is 7.89. The van der Waals surface area contributed by atoms with E-state index in [-0.39, 0.29) is 0 Å². The van der Waals surface area contributed by atoms with E-state index in [0.29, 0.717) is 22.3 Å². The van der Waals surface area contributed by atoms with Gasteiger partial charge in [-0.1, -0.05) is 88.4 Å². The minimum Gasteiger partial charge on any atom is -0.386 e. The van der Waals surface area contributed by atoms with E-state index >= 15 is 0 Å². The van der Waals surface area contributed by atoms with Gasteiger partial charge in [-0.25, -0.2) is 9.59 Å². The van der Waals surface area contributed by atoms with Crippen LogP contribution in [0.2, 0.25) is 0 Å². The molecule has 2 aromatic rings. The van der Waals surface area contributed by atoms with Crippen molar-refractivity contribution in [1.29, 1.82) is 0 Å². The molecule has 0 amide bonds. The zero-order valence-electron chi connectivity index (χ0n) is 14.0. The second kappa shape index (κ2) is 9.36. The van der Waals surface area contributed by atoms with Gasteiger partial charge in [0.2, 0.25) is 0 Å². The lowest BCUT2D eigenvalue weighted by Crippen LogP contribution is -2.01. The van der Waals surface area contributed by atoms with Gasteiger partial charge in [-0.05, 0) is 11.1 Å². The molecule has 0 unspecified atom stereocenters. The zero-order valence-corrected chi connectivity index (χ0v) is 14.0. The van der Waals surface area contributed by atoms with E-state index in [1.165, 1.54) is 0 Å². The van der Waals surface area contributed by atoms with Gasteiger partial charge in [0.15, 0.2) is 0 Å². The third kappa shape index (κ3) is 4.16. The molecule has 0 spiro atoms. The van der Waals surface area contributed by atoms with E-state index in [2.05, 4.69) is 0 Å². The highest BCUT2D eigenvalue weighted by Gasteiger charge is 2.34. The summed E-state index contributed by atoms with van der Waals surface area (Å²) in [4.78, 5) is 23.7. The first-order valence-electron chi connectivity index (χ1n) is 7.89. The van der Waals surface area contributed by atoms with Crippen LogP contribution in [0.3, 0.4) is 0 Å². The highest BCUT2D eigenvalue weighted by molar-refractivity contribution is 6.44. The van der Waals surface area contributed by atoms with Crippen molar-refractivity contribution in [3.63, 3.8) is 0 Å². The minimum absolute atomic E-state index is 0.330. The summed E-state index contributed by atoms with van der Waals surface area (Å²) in [6.45, 7) is 8.00. The van der Waals surface area contributed by atoms with Crippen molar-refractivity contribution >= 4 is 23.1 Å². The molecule has 120 valence electrons. The molecule has 0 bridgehead atoms. The highest BCUT2D eigenvalue weighted by Crippen LogP contribution is 2.33. The summed E-state index contributed by atoms with van der Waals surface area (Å²) in [6.07, 6.45) is 0. The van der Waals surface area contributed by atoms with Crippen molar-refractivity contribution in [2.75, 3.05) is 0 Å². The van der Waals surface area contributed by atoms with Gasteiger partial charge >= 0.3 is 11.9 Å². The second-order valence-corrected chi connectivity index (χ2v) is 4.16. The van der Waals surface area contributed by atoms with Crippen molar-refractivity contribution in [1.82, 2.24) is 0 Å². The molecule has 1 aliphatic heterocycles. The Morgan fingerprint density at radius 2 is 0.870 bits per heavy atom. The molecule has 0 aliphatic carbocycles. The summed E-state index contributed by atoms with van der Waals surface area (Å²) in [5.41, 5.74) is 2.04. The van der Waals surface area contributed by atoms with Crippen LogP contribution in [0.25, 0.3) is 11.1 Å². The van der Waals surface area contributed by atoms with Gasteiger partial charge in [0.25, 0.3) is 0 Å². The molecule has 0 atom stereocenters. The molecule has 0 N–H and O–H groups in total. The van der Waals surface area contributed by atoms with Crippen molar-refractivity contribution in [2.24, 2.45) is 0 Å². The minimum atomic E-state index is -0.588. The Morgan fingerprint density at radius 1 is 0.565 bits per heavy atom. The summed E-state index contributed by atoms with van der Waals surface area (Å²) in [7, 11) is 0. The molecule has 1 aliphatic rings. The molecule has 1 heterocycles. The van der Waals surface area contributed by atoms with E-state index in [0.717, 1.165) is 0 Å². The Kier molecular flexibility index (Phi) is 7.48. The summed E-state index contributed by atoms with van der Waals surface area (Å²) in [6, 6.07) is 18.2. The normalized spacial score (nSPS) is 12.7. The fourth-order valence-electron chi connectivity index (χ4n) is 2.12. The zero-order chi connectivity index (χ0) is 17.2. The van der Waals surface area contributed by atoms with Gasteiger partial charge in [0, 0.05) is 0 Å². The maximum atomic E-state index is 11.9. The maximum absolute atomic E-state index is 11.9. The summed E-state index contributed by atoms with van der Waals surface area (Å²) in [5.74, 6) is -1.18. The van der Waals surface area contributed by atoms with Gasteiger partial charge in [-0.3, -0.25) is 0 Å². The Labute approximate surface area is 137 Å². The molecule has 0 fully saturated rings. The first kappa shape index (κ1) is 18.4. The Balaban J connectivity index is 0.000000615. The molecule has 3 rings (SSSR count). The van der Waals surface area contributed by atoms with Crippen molar-refractivity contribution < 1.29 is 14.3 Å². The van der Waals surface area contributed by atoms with Crippen molar-refractivity contribution in [3.05, 3.63) is 71.8 Å². The van der Waals surface area contributed by atoms with Crippen LogP contribution < -0.4 is 0 Å². The molecule has 23 heavy (non-hydrogen) atoms. The number of rotatable bonds is 2. The topological polar surface area (TPSA) is 43.4 Å². The molecule has 3 heteroatoms. The number of ether oxygens (including phenoxy) is 1. The average Bonchev–Trinajstić information content (AvgIpc) is 2.94. The third-order valence-corrected chi connectivity index (χ3v) is 2.97. The van der Waals surface area contributed by atoms with E-state index < -0.39 is 11.9 Å². The van der Waals surface area contributed by atoms with Gasteiger partial charge in [0.05, 0.1) is 11.1 Å². The quantitative estimate of drug-likeness (QED) is 0.595. The first-order chi connectivity index (χ1) is 11.3. The Hall–Kier alpha value is -2.68. The predicted octanol–water partition coefficient (Wildman–Crippen LogP) is 4.73. The average molecular weight is 310 g/mol. The van der Waals surface area contributed by atoms with E-state index in [9.17, 15) is 9.59 Å². The van der Waals surface area contributed by atoms with Crippen LogP contribution in [0.5, 0.6) is 0 Å². The molecular weight excluding hydrogens is 288 g/mol. The highest BCUT2D eigenvalue weighted by atomic mass is 16.6. The number of carbonyl (C=O) groups is 2. The van der Waals surface area contributed by atoms with Gasteiger partial charge in [-0.15, -0.1) is 0 Å². The number of hydrogen-bond acceptors (Lipinski definition) is 3. The van der Waals surface area contributed by atoms with Crippen LogP contribution in [-0.2, 0) is 14.3 Å². The standard InChI is InChI=1S/C16H10O3.2C2H6/c17-15-13(11-7-3-1-4-8-11)14(16(18)19-15)12-9-5-2-6-10-12;2*1-2/h1-10H;2*1-2H3. The molecule has 0 radical (unpaired) electrons. The van der Waals surface area contributed by atoms with Crippen LogP contribution in [0.4, 0.5) is 0 Å². The fraction of sp³-hybridized carbons (Fsp3) is 0.200. The third-order valence-electron chi connectivity index (χ3n) is 2.97. The molecule has 0 saturated heterocycles. The van der Waals surface area contributed by atoms with Crippen LogP contribution in [0, 0.1) is 0 Å². The molecule has 3 nitrogen and oxygen atoms in total. The SMILES string of the molecule is CC.CC.O=C1OC(=O)C(c2ccccc2)=C1c1ccccc1. The van der Waals surface area contributed by atoms with Gasteiger partial charge in [-0.2, -0.15) is 0 Å². The Morgan fingerprint density at radius 3 is 1.17 bits per heavy atom. The molecular formula is C20H22O3. The Bertz CT molecular complexity index is 611. The van der Waals surface area contributed by atoms with Crippen LogP contribution in [-0.4, -0.2) is 11.9 Å². The number of hydrogen-bond donors (Lipinski definition) is 0. The van der Waals surface area contributed by atoms with E-state index in [4.69, 9.17) is 4.74 Å². The number of carbonyl (C=O) groups excluding carboxylic acids is 2. The van der Waals surface area contributed by atoms with Crippen LogP contribution >= 0.6 is 0 Å². The lowest BCUT2D eigenvalue weighted by atomic mass is 9.96. The number of esters is 2. The fourth-order valence-corrected chi connectivity index (χ4v) is 2.12. The smallest absolute Gasteiger partial charge is 0.347 e. The van der Waals surface area contributed by atoms with Crippen LogP contribution in [0.15, 0.2) is 60.7 Å². The lowest BCUT2D eigenvalue weighted by Gasteiger charge is -2.02. The lowest BCUT2D eigenvalue weighted by molar-refractivity contribution is -0.149. The summed E-state index contributed by atoms with van der Waals surface area (Å²) < 4.78 is 4.74. The molecule has 0 saturated carbocycles. The number of benzene rings is 2. The molecule has 0 aromatic heterocycles. The summed E-state index contributed by atoms with van der Waals surface area (Å²) in [5, 5.41) is 0. The molecule has 2 aromatic carbocycles. The maximum Gasteiger partial charge on any atom is 0.347 e. The van der Waals surface area contributed by atoms with Gasteiger partial charge in [0.1, 0.15) is 0 Å². The van der Waals surface area contributed by atoms with Crippen molar-refractivity contribution in [3.8, 4) is 0 Å². The largest absolute Gasteiger partial charge is 0.386 e.